The smallest absolute Gasteiger partial charge is 0.341 e. The molecule has 1 N–H and O–H groups in total. The minimum absolute atomic E-state index is 0.0671. The number of anilines is 1. The number of ether oxygens (including phenoxy) is 1. The number of alkyl halides is 2. The molecule has 1 amide bonds. The van der Waals surface area contributed by atoms with Crippen LogP contribution in [0.3, 0.4) is 0 Å². The average molecular weight is 397 g/mol. The van der Waals surface area contributed by atoms with Crippen LogP contribution in [0.25, 0.3) is 0 Å². The molecule has 2 aromatic rings. The van der Waals surface area contributed by atoms with Gasteiger partial charge in [0.05, 0.1) is 10.5 Å². The average Bonchev–Trinajstić information content (AvgIpc) is 2.62. The van der Waals surface area contributed by atoms with E-state index in [2.05, 4.69) is 5.32 Å². The van der Waals surface area contributed by atoms with Crippen molar-refractivity contribution in [3.63, 3.8) is 0 Å². The summed E-state index contributed by atoms with van der Waals surface area (Å²) in [5.74, 6) is -4.98. The minimum Gasteiger partial charge on any atom is -0.452 e. The van der Waals surface area contributed by atoms with Crippen LogP contribution in [0.15, 0.2) is 47.4 Å². The number of aryl methyl sites for hydroxylation is 2. The maximum Gasteiger partial charge on any atom is 0.341 e. The Bertz CT molecular complexity index is 956. The molecule has 0 heterocycles. The molecule has 0 aliphatic heterocycles. The third-order valence-corrected chi connectivity index (χ3v) is 5.04. The van der Waals surface area contributed by atoms with E-state index in [1.807, 2.05) is 26.0 Å². The van der Waals surface area contributed by atoms with Crippen LogP contribution < -0.4 is 5.32 Å². The molecule has 2 rings (SSSR count). The SMILES string of the molecule is Cc1ccc(NC(=O)COC(=O)c2ccc(S(=O)(=O)C(F)F)cc2)c(C)c1. The van der Waals surface area contributed by atoms with Crippen LogP contribution in [0.5, 0.6) is 0 Å². The fourth-order valence-corrected chi connectivity index (χ4v) is 2.96. The first-order chi connectivity index (χ1) is 12.6. The molecule has 0 spiro atoms. The molecule has 27 heavy (non-hydrogen) atoms. The van der Waals surface area contributed by atoms with Crippen molar-refractivity contribution in [1.29, 1.82) is 0 Å². The van der Waals surface area contributed by atoms with Crippen LogP contribution in [0.4, 0.5) is 14.5 Å². The monoisotopic (exact) mass is 397 g/mol. The number of carbonyl (C=O) groups excluding carboxylic acids is 2. The summed E-state index contributed by atoms with van der Waals surface area (Å²) >= 11 is 0. The zero-order valence-corrected chi connectivity index (χ0v) is 15.3. The van der Waals surface area contributed by atoms with Gasteiger partial charge in [0.1, 0.15) is 0 Å². The van der Waals surface area contributed by atoms with Crippen molar-refractivity contribution >= 4 is 27.4 Å². The molecule has 0 radical (unpaired) electrons. The fraction of sp³-hybridized carbons (Fsp3) is 0.222. The highest BCUT2D eigenvalue weighted by molar-refractivity contribution is 7.91. The summed E-state index contributed by atoms with van der Waals surface area (Å²) < 4.78 is 52.5. The number of amides is 1. The van der Waals surface area contributed by atoms with Gasteiger partial charge in [-0.1, -0.05) is 17.7 Å². The van der Waals surface area contributed by atoms with E-state index >= 15 is 0 Å². The summed E-state index contributed by atoms with van der Waals surface area (Å²) in [6, 6.07) is 9.29. The van der Waals surface area contributed by atoms with Crippen molar-refractivity contribution in [2.24, 2.45) is 0 Å². The maximum atomic E-state index is 12.5. The van der Waals surface area contributed by atoms with E-state index in [9.17, 15) is 26.8 Å². The second-order valence-electron chi connectivity index (χ2n) is 5.77. The number of rotatable bonds is 6. The largest absolute Gasteiger partial charge is 0.452 e. The molecular weight excluding hydrogens is 380 g/mol. The highest BCUT2D eigenvalue weighted by Crippen LogP contribution is 2.19. The van der Waals surface area contributed by atoms with Crippen molar-refractivity contribution in [1.82, 2.24) is 0 Å². The lowest BCUT2D eigenvalue weighted by molar-refractivity contribution is -0.119. The molecule has 144 valence electrons. The lowest BCUT2D eigenvalue weighted by Gasteiger charge is -2.10. The van der Waals surface area contributed by atoms with Gasteiger partial charge < -0.3 is 10.1 Å². The first-order valence-electron chi connectivity index (χ1n) is 7.77. The van der Waals surface area contributed by atoms with Gasteiger partial charge in [0.15, 0.2) is 6.61 Å². The maximum absolute atomic E-state index is 12.5. The molecule has 0 fully saturated rings. The molecule has 0 unspecified atom stereocenters. The van der Waals surface area contributed by atoms with E-state index in [1.165, 1.54) is 0 Å². The lowest BCUT2D eigenvalue weighted by atomic mass is 10.1. The first-order valence-corrected chi connectivity index (χ1v) is 9.32. The zero-order valence-electron chi connectivity index (χ0n) is 14.5. The van der Waals surface area contributed by atoms with Gasteiger partial charge in [0, 0.05) is 5.69 Å². The number of nitrogens with one attached hydrogen (secondary N) is 1. The van der Waals surface area contributed by atoms with Crippen LogP contribution in [0, 0.1) is 13.8 Å². The van der Waals surface area contributed by atoms with Gasteiger partial charge in [-0.2, -0.15) is 8.78 Å². The van der Waals surface area contributed by atoms with E-state index in [-0.39, 0.29) is 5.56 Å². The minimum atomic E-state index is -4.74. The number of esters is 1. The van der Waals surface area contributed by atoms with Gasteiger partial charge in [-0.15, -0.1) is 0 Å². The molecule has 0 aromatic heterocycles. The molecule has 0 aliphatic carbocycles. The highest BCUT2D eigenvalue weighted by Gasteiger charge is 2.26. The van der Waals surface area contributed by atoms with Gasteiger partial charge in [-0.05, 0) is 49.7 Å². The van der Waals surface area contributed by atoms with E-state index in [4.69, 9.17) is 4.74 Å². The topological polar surface area (TPSA) is 89.5 Å². The second-order valence-corrected chi connectivity index (χ2v) is 7.69. The van der Waals surface area contributed by atoms with Crippen molar-refractivity contribution in [3.05, 3.63) is 59.2 Å². The Labute approximate surface area is 155 Å². The molecule has 9 heteroatoms. The third kappa shape index (κ3) is 5.10. The fourth-order valence-electron chi connectivity index (χ4n) is 2.24. The second kappa shape index (κ2) is 8.26. The highest BCUT2D eigenvalue weighted by atomic mass is 32.2. The van der Waals surface area contributed by atoms with Crippen LogP contribution in [-0.4, -0.2) is 32.7 Å². The van der Waals surface area contributed by atoms with E-state index < -0.39 is 39.0 Å². The molecule has 0 saturated carbocycles. The molecular formula is C18H17F2NO5S. The molecule has 0 aliphatic rings. The van der Waals surface area contributed by atoms with Crippen molar-refractivity contribution < 1.29 is 31.5 Å². The first kappa shape index (κ1) is 20.5. The Kier molecular flexibility index (Phi) is 6.27. The third-order valence-electron chi connectivity index (χ3n) is 3.64. The van der Waals surface area contributed by atoms with E-state index in [0.29, 0.717) is 5.69 Å². The zero-order chi connectivity index (χ0) is 20.2. The summed E-state index contributed by atoms with van der Waals surface area (Å²) in [5, 5.41) is 2.61. The standard InChI is InChI=1S/C18H17F2NO5S/c1-11-3-8-15(12(2)9-11)21-16(22)10-26-17(23)13-4-6-14(7-5-13)27(24,25)18(19)20/h3-9,18H,10H2,1-2H3,(H,21,22). The normalized spacial score (nSPS) is 11.3. The number of halogens is 2. The molecule has 6 nitrogen and oxygen atoms in total. The molecule has 0 saturated heterocycles. The predicted octanol–water partition coefficient (Wildman–Crippen LogP) is 3.10. The Morgan fingerprint density at radius 1 is 1.07 bits per heavy atom. The Hall–Kier alpha value is -2.81. The summed E-state index contributed by atoms with van der Waals surface area (Å²) in [7, 11) is -4.74. The van der Waals surface area contributed by atoms with E-state index in [1.54, 1.807) is 6.07 Å². The van der Waals surface area contributed by atoms with Crippen LogP contribution in [-0.2, 0) is 19.4 Å². The van der Waals surface area contributed by atoms with Crippen molar-refractivity contribution in [3.8, 4) is 0 Å². The Morgan fingerprint density at radius 3 is 2.26 bits per heavy atom. The number of hydrogen-bond acceptors (Lipinski definition) is 5. The van der Waals surface area contributed by atoms with Gasteiger partial charge >= 0.3 is 11.7 Å². The van der Waals surface area contributed by atoms with Crippen LogP contribution >= 0.6 is 0 Å². The summed E-state index contributed by atoms with van der Waals surface area (Å²) in [4.78, 5) is 23.2. The number of sulfone groups is 1. The lowest BCUT2D eigenvalue weighted by Crippen LogP contribution is -2.21. The molecule has 0 atom stereocenters. The van der Waals surface area contributed by atoms with Gasteiger partial charge in [0.25, 0.3) is 5.91 Å². The van der Waals surface area contributed by atoms with Crippen LogP contribution in [0.2, 0.25) is 0 Å². The molecule has 2 aromatic carbocycles. The van der Waals surface area contributed by atoms with Crippen LogP contribution in [0.1, 0.15) is 21.5 Å². The Balaban J connectivity index is 1.96. The summed E-state index contributed by atoms with van der Waals surface area (Å²) in [6.07, 6.45) is 0. The molecule has 0 bridgehead atoms. The predicted molar refractivity (Wildman–Crippen MR) is 94.5 cm³/mol. The quantitative estimate of drug-likeness (QED) is 0.757. The number of carbonyl (C=O) groups is 2. The van der Waals surface area contributed by atoms with Crippen molar-refractivity contribution in [2.75, 3.05) is 11.9 Å². The summed E-state index contributed by atoms with van der Waals surface area (Å²) in [5.41, 5.74) is 2.41. The Morgan fingerprint density at radius 2 is 1.70 bits per heavy atom. The van der Waals surface area contributed by atoms with Crippen molar-refractivity contribution in [2.45, 2.75) is 24.5 Å². The van der Waals surface area contributed by atoms with Gasteiger partial charge in [-0.3, -0.25) is 4.79 Å². The van der Waals surface area contributed by atoms with E-state index in [0.717, 1.165) is 35.4 Å². The van der Waals surface area contributed by atoms with Gasteiger partial charge in [-0.25, -0.2) is 13.2 Å². The van der Waals surface area contributed by atoms with Gasteiger partial charge in [0.2, 0.25) is 9.84 Å². The number of hydrogen-bond donors (Lipinski definition) is 1. The summed E-state index contributed by atoms with van der Waals surface area (Å²) in [6.45, 7) is 3.19. The number of benzene rings is 2.